The molecule has 2 aromatic rings. The van der Waals surface area contributed by atoms with Crippen molar-refractivity contribution < 1.29 is 23.5 Å². The fraction of sp³-hybridized carbons (Fsp3) is 0.583. The van der Waals surface area contributed by atoms with Crippen molar-refractivity contribution in [3.63, 3.8) is 0 Å². The zero-order valence-electron chi connectivity index (χ0n) is 12.6. The fourth-order valence-corrected chi connectivity index (χ4v) is 2.98. The summed E-state index contributed by atoms with van der Waals surface area (Å²) in [6, 6.07) is 0. The van der Waals surface area contributed by atoms with Crippen LogP contribution < -0.4 is 5.56 Å². The van der Waals surface area contributed by atoms with Gasteiger partial charge in [0, 0.05) is 20.2 Å². The smallest absolute Gasteiger partial charge is 0.325 e. The topological polar surface area (TPSA) is 129 Å². The molecule has 3 rings (SSSR count). The Balaban J connectivity index is 1.82. The predicted octanol–water partition coefficient (Wildman–Crippen LogP) is 0.254. The Labute approximate surface area is 130 Å². The van der Waals surface area contributed by atoms with Crippen LogP contribution in [0.2, 0.25) is 0 Å². The van der Waals surface area contributed by atoms with Crippen molar-refractivity contribution in [1.82, 2.24) is 19.5 Å². The molecule has 0 bridgehead atoms. The standard InChI is InChI=1S/C12H17N4O6P/c1-20-7-3-9(22-8(7)4-21-23(2,18)19)16-6-15-10-11(16)13-5-14-12(10)17/h5-9H,3-4H2,1-2H3,(H,18,19)(H,13,14,17)/t7-,8?,9-/m1/s1. The summed E-state index contributed by atoms with van der Waals surface area (Å²) in [6.07, 6.45) is 1.97. The van der Waals surface area contributed by atoms with E-state index in [2.05, 4.69) is 15.0 Å². The molecule has 1 aliphatic rings. The first-order valence-electron chi connectivity index (χ1n) is 6.92. The molecule has 23 heavy (non-hydrogen) atoms. The number of hydrogen-bond donors (Lipinski definition) is 2. The summed E-state index contributed by atoms with van der Waals surface area (Å²) in [5, 5.41) is 0. The lowest BCUT2D eigenvalue weighted by molar-refractivity contribution is -0.0475. The van der Waals surface area contributed by atoms with Crippen molar-refractivity contribution in [3.8, 4) is 0 Å². The first-order chi connectivity index (χ1) is 10.9. The number of ether oxygens (including phenoxy) is 2. The molecule has 0 spiro atoms. The van der Waals surface area contributed by atoms with E-state index in [0.717, 1.165) is 6.66 Å². The van der Waals surface area contributed by atoms with Gasteiger partial charge in [-0.1, -0.05) is 0 Å². The van der Waals surface area contributed by atoms with Gasteiger partial charge in [-0.05, 0) is 0 Å². The monoisotopic (exact) mass is 344 g/mol. The third-order valence-corrected chi connectivity index (χ3v) is 4.27. The van der Waals surface area contributed by atoms with Crippen LogP contribution in [0, 0.1) is 0 Å². The van der Waals surface area contributed by atoms with E-state index in [1.54, 1.807) is 4.57 Å². The summed E-state index contributed by atoms with van der Waals surface area (Å²) in [5.41, 5.74) is 0.291. The first kappa shape index (κ1) is 16.3. The van der Waals surface area contributed by atoms with Crippen LogP contribution in [0.15, 0.2) is 17.4 Å². The molecule has 11 heteroatoms. The van der Waals surface area contributed by atoms with Gasteiger partial charge in [0.2, 0.25) is 0 Å². The van der Waals surface area contributed by atoms with Gasteiger partial charge in [-0.15, -0.1) is 0 Å². The molecule has 1 aliphatic heterocycles. The van der Waals surface area contributed by atoms with Crippen LogP contribution in [-0.2, 0) is 18.6 Å². The highest BCUT2D eigenvalue weighted by molar-refractivity contribution is 7.51. The van der Waals surface area contributed by atoms with Crippen LogP contribution >= 0.6 is 7.60 Å². The van der Waals surface area contributed by atoms with Crippen LogP contribution in [-0.4, -0.2) is 57.0 Å². The average molecular weight is 344 g/mol. The van der Waals surface area contributed by atoms with Gasteiger partial charge in [0.25, 0.3) is 5.56 Å². The Morgan fingerprint density at radius 2 is 2.35 bits per heavy atom. The van der Waals surface area contributed by atoms with Gasteiger partial charge in [-0.2, -0.15) is 0 Å². The normalized spacial score (nSPS) is 27.3. The van der Waals surface area contributed by atoms with Crippen molar-refractivity contribution in [2.24, 2.45) is 0 Å². The lowest BCUT2D eigenvalue weighted by Crippen LogP contribution is -2.27. The molecule has 4 atom stereocenters. The minimum Gasteiger partial charge on any atom is -0.378 e. The zero-order valence-corrected chi connectivity index (χ0v) is 13.5. The predicted molar refractivity (Wildman–Crippen MR) is 79.2 cm³/mol. The molecule has 0 saturated carbocycles. The van der Waals surface area contributed by atoms with Crippen molar-refractivity contribution >= 4 is 18.8 Å². The molecule has 1 saturated heterocycles. The van der Waals surface area contributed by atoms with E-state index in [0.29, 0.717) is 12.1 Å². The molecule has 0 amide bonds. The maximum absolute atomic E-state index is 11.7. The minimum absolute atomic E-state index is 0.0695. The van der Waals surface area contributed by atoms with Gasteiger partial charge in [0.1, 0.15) is 12.3 Å². The molecule has 2 aromatic heterocycles. The van der Waals surface area contributed by atoms with Crippen LogP contribution in [0.4, 0.5) is 0 Å². The Morgan fingerprint density at radius 1 is 1.57 bits per heavy atom. The van der Waals surface area contributed by atoms with Gasteiger partial charge in [-0.3, -0.25) is 13.9 Å². The molecule has 2 N–H and O–H groups in total. The van der Waals surface area contributed by atoms with Gasteiger partial charge < -0.3 is 23.9 Å². The highest BCUT2D eigenvalue weighted by atomic mass is 31.2. The maximum atomic E-state index is 11.7. The Morgan fingerprint density at radius 3 is 3.04 bits per heavy atom. The van der Waals surface area contributed by atoms with Gasteiger partial charge in [0.05, 0.1) is 25.4 Å². The Bertz CT molecular complexity index is 798. The highest BCUT2D eigenvalue weighted by Crippen LogP contribution is 2.39. The lowest BCUT2D eigenvalue weighted by atomic mass is 10.2. The molecule has 0 radical (unpaired) electrons. The summed E-state index contributed by atoms with van der Waals surface area (Å²) >= 11 is 0. The second kappa shape index (κ2) is 6.14. The lowest BCUT2D eigenvalue weighted by Gasteiger charge is -2.18. The van der Waals surface area contributed by atoms with E-state index in [4.69, 9.17) is 14.0 Å². The average Bonchev–Trinajstić information content (AvgIpc) is 3.08. The third kappa shape index (κ3) is 3.36. The van der Waals surface area contributed by atoms with Crippen molar-refractivity contribution in [3.05, 3.63) is 23.0 Å². The molecular weight excluding hydrogens is 327 g/mol. The van der Waals surface area contributed by atoms with Crippen molar-refractivity contribution in [2.45, 2.75) is 24.9 Å². The highest BCUT2D eigenvalue weighted by Gasteiger charge is 2.38. The van der Waals surface area contributed by atoms with Crippen LogP contribution in [0.3, 0.4) is 0 Å². The number of aromatic nitrogens is 4. The summed E-state index contributed by atoms with van der Waals surface area (Å²) in [7, 11) is -2.06. The molecule has 10 nitrogen and oxygen atoms in total. The molecule has 0 aliphatic carbocycles. The summed E-state index contributed by atoms with van der Waals surface area (Å²) in [6.45, 7) is 1.04. The van der Waals surface area contributed by atoms with E-state index in [1.807, 2.05) is 0 Å². The number of rotatable bonds is 5. The number of H-pyrrole nitrogens is 1. The first-order valence-corrected chi connectivity index (χ1v) is 8.95. The Hall–Kier alpha value is -1.58. The molecule has 126 valence electrons. The van der Waals surface area contributed by atoms with Crippen molar-refractivity contribution in [2.75, 3.05) is 20.4 Å². The fourth-order valence-electron chi connectivity index (χ4n) is 2.55. The second-order valence-corrected chi connectivity index (χ2v) is 7.16. The van der Waals surface area contributed by atoms with E-state index < -0.39 is 19.9 Å². The quantitative estimate of drug-likeness (QED) is 0.739. The number of imidazole rings is 1. The minimum atomic E-state index is -3.59. The van der Waals surface area contributed by atoms with Crippen LogP contribution in [0.1, 0.15) is 12.6 Å². The van der Waals surface area contributed by atoms with Crippen molar-refractivity contribution in [1.29, 1.82) is 0 Å². The SMILES string of the molecule is CO[C@@H]1C[C@H](n2cnc3c(=O)[nH]cnc32)OC1COP(C)(=O)O. The third-order valence-electron chi connectivity index (χ3n) is 3.64. The molecule has 0 aromatic carbocycles. The van der Waals surface area contributed by atoms with E-state index in [-0.39, 0.29) is 23.8 Å². The van der Waals surface area contributed by atoms with E-state index in [1.165, 1.54) is 19.8 Å². The Kier molecular flexibility index (Phi) is 4.35. The maximum Gasteiger partial charge on any atom is 0.325 e. The van der Waals surface area contributed by atoms with E-state index in [9.17, 15) is 14.3 Å². The number of nitrogens with one attached hydrogen (secondary N) is 1. The molecular formula is C12H17N4O6P. The number of nitrogens with zero attached hydrogens (tertiary/aromatic N) is 3. The summed E-state index contributed by atoms with van der Waals surface area (Å²) in [4.78, 5) is 31.5. The van der Waals surface area contributed by atoms with E-state index >= 15 is 0 Å². The largest absolute Gasteiger partial charge is 0.378 e. The number of aromatic amines is 1. The van der Waals surface area contributed by atoms with Crippen LogP contribution in [0.5, 0.6) is 0 Å². The van der Waals surface area contributed by atoms with Crippen LogP contribution in [0.25, 0.3) is 11.2 Å². The zero-order chi connectivity index (χ0) is 16.6. The summed E-state index contributed by atoms with van der Waals surface area (Å²) < 4.78 is 29.0. The van der Waals surface area contributed by atoms with Gasteiger partial charge >= 0.3 is 7.60 Å². The summed E-state index contributed by atoms with van der Waals surface area (Å²) in [5.74, 6) is 0. The number of hydrogen-bond acceptors (Lipinski definition) is 7. The molecule has 1 fully saturated rings. The molecule has 2 unspecified atom stereocenters. The van der Waals surface area contributed by atoms with Gasteiger partial charge in [0.15, 0.2) is 11.2 Å². The van der Waals surface area contributed by atoms with Gasteiger partial charge in [-0.25, -0.2) is 9.97 Å². The number of fused-ring (bicyclic) bond motifs is 1. The second-order valence-electron chi connectivity index (χ2n) is 5.29. The molecule has 3 heterocycles. The number of methoxy groups -OCH3 is 1.